The maximum absolute atomic E-state index is 10.3. The van der Waals surface area contributed by atoms with Crippen molar-refractivity contribution in [3.05, 3.63) is 34.7 Å². The molecule has 0 bridgehead atoms. The van der Waals surface area contributed by atoms with Crippen molar-refractivity contribution in [1.29, 1.82) is 0 Å². The number of aromatic nitrogens is 2. The molecule has 1 atom stereocenters. The number of anilines is 1. The van der Waals surface area contributed by atoms with Crippen molar-refractivity contribution in [2.45, 2.75) is 12.5 Å². The number of hydrogen-bond acceptors (Lipinski definition) is 6. The maximum Gasteiger partial charge on any atom is 0.226 e. The first-order chi connectivity index (χ1) is 8.62. The zero-order chi connectivity index (χ0) is 13.0. The molecule has 0 aliphatic heterocycles. The Morgan fingerprint density at radius 1 is 1.50 bits per heavy atom. The van der Waals surface area contributed by atoms with Gasteiger partial charge in [0, 0.05) is 12.3 Å². The number of rotatable bonds is 5. The van der Waals surface area contributed by atoms with Gasteiger partial charge in [-0.05, 0) is 29.3 Å². The minimum absolute atomic E-state index is 0.330. The second-order valence-corrected chi connectivity index (χ2v) is 4.84. The molecule has 0 spiro atoms. The summed E-state index contributed by atoms with van der Waals surface area (Å²) in [5, 5.41) is 17.2. The van der Waals surface area contributed by atoms with E-state index in [1.54, 1.807) is 37.6 Å². The minimum Gasteiger partial charge on any atom is -0.481 e. The van der Waals surface area contributed by atoms with Gasteiger partial charge in [0.25, 0.3) is 0 Å². The highest BCUT2D eigenvalue weighted by molar-refractivity contribution is 7.08. The van der Waals surface area contributed by atoms with E-state index in [4.69, 9.17) is 4.74 Å². The van der Waals surface area contributed by atoms with E-state index in [1.165, 1.54) is 0 Å². The number of aliphatic hydroxyl groups is 1. The molecule has 1 unspecified atom stereocenters. The van der Waals surface area contributed by atoms with E-state index in [-0.39, 0.29) is 0 Å². The molecule has 0 amide bonds. The summed E-state index contributed by atoms with van der Waals surface area (Å²) in [6, 6.07) is 3.57. The van der Waals surface area contributed by atoms with Gasteiger partial charge in [0.1, 0.15) is 5.60 Å². The van der Waals surface area contributed by atoms with Crippen LogP contribution in [-0.4, -0.2) is 28.7 Å². The van der Waals surface area contributed by atoms with Gasteiger partial charge in [-0.25, -0.2) is 4.98 Å². The molecule has 0 fully saturated rings. The van der Waals surface area contributed by atoms with Crippen molar-refractivity contribution in [2.75, 3.05) is 19.0 Å². The Kier molecular flexibility index (Phi) is 3.78. The summed E-state index contributed by atoms with van der Waals surface area (Å²) in [6.07, 6.45) is 1.60. The van der Waals surface area contributed by atoms with E-state index in [9.17, 15) is 5.11 Å². The van der Waals surface area contributed by atoms with Crippen molar-refractivity contribution in [3.8, 4) is 5.88 Å². The number of ether oxygens (including phenoxy) is 1. The van der Waals surface area contributed by atoms with Gasteiger partial charge in [-0.1, -0.05) is 0 Å². The van der Waals surface area contributed by atoms with Gasteiger partial charge in [-0.2, -0.15) is 16.3 Å². The molecular formula is C12H15N3O2S. The second kappa shape index (κ2) is 5.32. The fourth-order valence-corrected chi connectivity index (χ4v) is 2.25. The van der Waals surface area contributed by atoms with Gasteiger partial charge in [0.05, 0.1) is 13.7 Å². The van der Waals surface area contributed by atoms with Crippen LogP contribution in [0.1, 0.15) is 12.5 Å². The Morgan fingerprint density at radius 3 is 3.00 bits per heavy atom. The number of nitrogens with zero attached hydrogens (tertiary/aromatic N) is 2. The van der Waals surface area contributed by atoms with Crippen LogP contribution in [0.2, 0.25) is 0 Å². The normalized spacial score (nSPS) is 13.9. The van der Waals surface area contributed by atoms with Gasteiger partial charge < -0.3 is 15.2 Å². The standard InChI is InChI=1S/C12H15N3O2S/c1-12(16,9-4-6-18-7-9)8-14-11-13-5-3-10(15-11)17-2/h3-7,16H,8H2,1-2H3,(H,13,14,15). The van der Waals surface area contributed by atoms with Gasteiger partial charge in [0.15, 0.2) is 0 Å². The molecule has 0 aliphatic carbocycles. The average Bonchev–Trinajstić information content (AvgIpc) is 2.91. The molecule has 5 nitrogen and oxygen atoms in total. The average molecular weight is 265 g/mol. The molecular weight excluding hydrogens is 250 g/mol. The first kappa shape index (κ1) is 12.8. The van der Waals surface area contributed by atoms with Crippen molar-refractivity contribution in [3.63, 3.8) is 0 Å². The van der Waals surface area contributed by atoms with Gasteiger partial charge in [0.2, 0.25) is 11.8 Å². The summed E-state index contributed by atoms with van der Waals surface area (Å²) in [5.74, 6) is 0.924. The lowest BCUT2D eigenvalue weighted by Gasteiger charge is -2.22. The maximum atomic E-state index is 10.3. The highest BCUT2D eigenvalue weighted by atomic mass is 32.1. The van der Waals surface area contributed by atoms with Gasteiger partial charge in [-0.3, -0.25) is 0 Å². The van der Waals surface area contributed by atoms with E-state index in [0.717, 1.165) is 5.56 Å². The first-order valence-corrected chi connectivity index (χ1v) is 6.42. The van der Waals surface area contributed by atoms with Crippen LogP contribution in [0.25, 0.3) is 0 Å². The molecule has 2 aromatic rings. The smallest absolute Gasteiger partial charge is 0.226 e. The quantitative estimate of drug-likeness (QED) is 0.864. The fourth-order valence-electron chi connectivity index (χ4n) is 1.47. The molecule has 2 rings (SSSR count). The monoisotopic (exact) mass is 265 g/mol. The molecule has 0 aromatic carbocycles. The van der Waals surface area contributed by atoms with Crippen LogP contribution in [0.15, 0.2) is 29.1 Å². The number of methoxy groups -OCH3 is 1. The molecule has 96 valence electrons. The zero-order valence-corrected chi connectivity index (χ0v) is 11.1. The largest absolute Gasteiger partial charge is 0.481 e. The van der Waals surface area contributed by atoms with Crippen LogP contribution in [0, 0.1) is 0 Å². The van der Waals surface area contributed by atoms with Crippen LogP contribution in [0.5, 0.6) is 5.88 Å². The van der Waals surface area contributed by atoms with Crippen molar-refractivity contribution in [1.82, 2.24) is 9.97 Å². The summed E-state index contributed by atoms with van der Waals surface area (Å²) in [4.78, 5) is 8.18. The Balaban J connectivity index is 2.02. The van der Waals surface area contributed by atoms with Crippen LogP contribution >= 0.6 is 11.3 Å². The second-order valence-electron chi connectivity index (χ2n) is 4.06. The first-order valence-electron chi connectivity index (χ1n) is 5.48. The van der Waals surface area contributed by atoms with Crippen LogP contribution in [0.3, 0.4) is 0 Å². The molecule has 0 radical (unpaired) electrons. The van der Waals surface area contributed by atoms with E-state index in [0.29, 0.717) is 18.4 Å². The molecule has 0 saturated carbocycles. The van der Waals surface area contributed by atoms with E-state index in [2.05, 4.69) is 15.3 Å². The summed E-state index contributed by atoms with van der Waals surface area (Å²) < 4.78 is 5.01. The van der Waals surface area contributed by atoms with E-state index in [1.807, 2.05) is 16.8 Å². The third-order valence-electron chi connectivity index (χ3n) is 2.57. The minimum atomic E-state index is -0.952. The topological polar surface area (TPSA) is 67.3 Å². The van der Waals surface area contributed by atoms with E-state index >= 15 is 0 Å². The predicted octanol–water partition coefficient (Wildman–Crippen LogP) is 1.87. The zero-order valence-electron chi connectivity index (χ0n) is 10.3. The Bertz CT molecular complexity index is 500. The molecule has 0 saturated heterocycles. The summed E-state index contributed by atoms with van der Waals surface area (Å²) >= 11 is 1.56. The SMILES string of the molecule is COc1ccnc(NCC(C)(O)c2ccsc2)n1. The highest BCUT2D eigenvalue weighted by Crippen LogP contribution is 2.23. The van der Waals surface area contributed by atoms with Gasteiger partial charge >= 0.3 is 0 Å². The number of nitrogens with one attached hydrogen (secondary N) is 1. The molecule has 18 heavy (non-hydrogen) atoms. The number of thiophene rings is 1. The fraction of sp³-hybridized carbons (Fsp3) is 0.333. The number of hydrogen-bond donors (Lipinski definition) is 2. The highest BCUT2D eigenvalue weighted by Gasteiger charge is 2.23. The summed E-state index contributed by atoms with van der Waals surface area (Å²) in [6.45, 7) is 2.08. The lowest BCUT2D eigenvalue weighted by Crippen LogP contribution is -2.30. The molecule has 0 aliphatic rings. The molecule has 2 heterocycles. The van der Waals surface area contributed by atoms with Crippen LogP contribution in [0.4, 0.5) is 5.95 Å². The lowest BCUT2D eigenvalue weighted by atomic mass is 9.99. The Labute approximate surface area is 109 Å². The van der Waals surface area contributed by atoms with Gasteiger partial charge in [-0.15, -0.1) is 0 Å². The molecule has 2 aromatic heterocycles. The Morgan fingerprint density at radius 2 is 2.33 bits per heavy atom. The molecule has 6 heteroatoms. The summed E-state index contributed by atoms with van der Waals surface area (Å²) in [5.41, 5.74) is -0.0743. The molecule has 2 N–H and O–H groups in total. The van der Waals surface area contributed by atoms with Crippen LogP contribution < -0.4 is 10.1 Å². The third kappa shape index (κ3) is 2.96. The summed E-state index contributed by atoms with van der Waals surface area (Å²) in [7, 11) is 1.55. The van der Waals surface area contributed by atoms with Crippen molar-refractivity contribution < 1.29 is 9.84 Å². The third-order valence-corrected chi connectivity index (χ3v) is 3.26. The van der Waals surface area contributed by atoms with Crippen molar-refractivity contribution >= 4 is 17.3 Å². The van der Waals surface area contributed by atoms with Crippen LogP contribution in [-0.2, 0) is 5.60 Å². The Hall–Kier alpha value is -1.66. The van der Waals surface area contributed by atoms with E-state index < -0.39 is 5.60 Å². The lowest BCUT2D eigenvalue weighted by molar-refractivity contribution is 0.0718. The predicted molar refractivity (Wildman–Crippen MR) is 71.0 cm³/mol. The van der Waals surface area contributed by atoms with Crippen molar-refractivity contribution in [2.24, 2.45) is 0 Å².